The summed E-state index contributed by atoms with van der Waals surface area (Å²) in [5.41, 5.74) is -0.0670. The topological polar surface area (TPSA) is 35.5 Å². The van der Waals surface area contributed by atoms with Gasteiger partial charge in [-0.2, -0.15) is 0 Å². The standard InChI is InChI=1S/C16H32N2O/c1-4-15(2,12-17-14-6-7-14)13-18-10-5-8-16(3,19)9-11-18/h14,17,19H,4-13H2,1-3H3. The van der Waals surface area contributed by atoms with Crippen LogP contribution >= 0.6 is 0 Å². The molecule has 3 nitrogen and oxygen atoms in total. The van der Waals surface area contributed by atoms with Gasteiger partial charge in [-0.3, -0.25) is 0 Å². The van der Waals surface area contributed by atoms with E-state index in [0.717, 1.165) is 44.9 Å². The van der Waals surface area contributed by atoms with Gasteiger partial charge in [0, 0.05) is 25.7 Å². The molecule has 1 heterocycles. The second kappa shape index (κ2) is 6.11. The summed E-state index contributed by atoms with van der Waals surface area (Å²) >= 11 is 0. The van der Waals surface area contributed by atoms with E-state index in [2.05, 4.69) is 24.1 Å². The number of nitrogens with one attached hydrogen (secondary N) is 1. The maximum Gasteiger partial charge on any atom is 0.0632 e. The molecule has 1 aliphatic heterocycles. The van der Waals surface area contributed by atoms with Gasteiger partial charge in [0.15, 0.2) is 0 Å². The maximum absolute atomic E-state index is 10.2. The molecule has 1 aliphatic carbocycles. The van der Waals surface area contributed by atoms with E-state index in [-0.39, 0.29) is 0 Å². The third kappa shape index (κ3) is 5.05. The minimum absolute atomic E-state index is 0.374. The molecule has 3 heteroatoms. The highest BCUT2D eigenvalue weighted by atomic mass is 16.3. The molecule has 2 N–H and O–H groups in total. The van der Waals surface area contributed by atoms with Gasteiger partial charge in [-0.15, -0.1) is 0 Å². The number of aliphatic hydroxyl groups is 1. The number of rotatable bonds is 6. The number of hydrogen-bond donors (Lipinski definition) is 2. The van der Waals surface area contributed by atoms with Crippen LogP contribution in [0.2, 0.25) is 0 Å². The lowest BCUT2D eigenvalue weighted by molar-refractivity contribution is 0.0428. The van der Waals surface area contributed by atoms with Gasteiger partial charge in [-0.25, -0.2) is 0 Å². The van der Waals surface area contributed by atoms with Crippen molar-refractivity contribution in [3.05, 3.63) is 0 Å². The number of hydrogen-bond acceptors (Lipinski definition) is 3. The zero-order valence-electron chi connectivity index (χ0n) is 13.0. The molecule has 0 amide bonds. The first-order valence-electron chi connectivity index (χ1n) is 8.11. The molecule has 0 aromatic heterocycles. The molecule has 2 aliphatic rings. The van der Waals surface area contributed by atoms with E-state index in [9.17, 15) is 5.11 Å². The number of nitrogens with zero attached hydrogens (tertiary/aromatic N) is 1. The molecule has 19 heavy (non-hydrogen) atoms. The van der Waals surface area contributed by atoms with E-state index < -0.39 is 5.60 Å². The minimum Gasteiger partial charge on any atom is -0.390 e. The van der Waals surface area contributed by atoms with Gasteiger partial charge >= 0.3 is 0 Å². The Kier molecular flexibility index (Phi) is 4.91. The van der Waals surface area contributed by atoms with Gasteiger partial charge in [0.2, 0.25) is 0 Å². The Labute approximate surface area is 118 Å². The molecular formula is C16H32N2O. The highest BCUT2D eigenvalue weighted by Gasteiger charge is 2.31. The van der Waals surface area contributed by atoms with Crippen molar-refractivity contribution in [2.24, 2.45) is 5.41 Å². The highest BCUT2D eigenvalue weighted by molar-refractivity contribution is 4.88. The smallest absolute Gasteiger partial charge is 0.0632 e. The first-order chi connectivity index (χ1) is 8.92. The zero-order chi connectivity index (χ0) is 13.9. The van der Waals surface area contributed by atoms with Crippen molar-refractivity contribution in [3.63, 3.8) is 0 Å². The van der Waals surface area contributed by atoms with Gasteiger partial charge in [0.05, 0.1) is 5.60 Å². The quantitative estimate of drug-likeness (QED) is 0.776. The SMILES string of the molecule is CCC(C)(CNC1CC1)CN1CCCC(C)(O)CC1. The third-order valence-corrected chi connectivity index (χ3v) is 5.01. The van der Waals surface area contributed by atoms with Crippen molar-refractivity contribution < 1.29 is 5.11 Å². The van der Waals surface area contributed by atoms with Crippen LogP contribution in [0.25, 0.3) is 0 Å². The Morgan fingerprint density at radius 1 is 1.32 bits per heavy atom. The van der Waals surface area contributed by atoms with Gasteiger partial charge in [0.25, 0.3) is 0 Å². The van der Waals surface area contributed by atoms with Crippen molar-refractivity contribution >= 4 is 0 Å². The molecule has 0 aromatic carbocycles. The summed E-state index contributed by atoms with van der Waals surface area (Å²) in [7, 11) is 0. The Hall–Kier alpha value is -0.120. The Balaban J connectivity index is 1.82. The first-order valence-corrected chi connectivity index (χ1v) is 8.11. The van der Waals surface area contributed by atoms with Crippen molar-refractivity contribution in [2.75, 3.05) is 26.2 Å². The average molecular weight is 268 g/mol. The van der Waals surface area contributed by atoms with E-state index in [1.54, 1.807) is 0 Å². The molecule has 2 unspecified atom stereocenters. The minimum atomic E-state index is -0.441. The van der Waals surface area contributed by atoms with E-state index in [1.807, 2.05) is 6.92 Å². The molecule has 1 saturated carbocycles. The van der Waals surface area contributed by atoms with Gasteiger partial charge in [-0.1, -0.05) is 13.8 Å². The second-order valence-corrected chi connectivity index (χ2v) is 7.45. The Morgan fingerprint density at radius 3 is 2.68 bits per heavy atom. The molecular weight excluding hydrogens is 236 g/mol. The van der Waals surface area contributed by atoms with Crippen molar-refractivity contribution in [3.8, 4) is 0 Å². The largest absolute Gasteiger partial charge is 0.390 e. The summed E-state index contributed by atoms with van der Waals surface area (Å²) in [6.45, 7) is 11.2. The third-order valence-electron chi connectivity index (χ3n) is 5.01. The first kappa shape index (κ1) is 15.3. The number of likely N-dealkylation sites (tertiary alicyclic amines) is 1. The van der Waals surface area contributed by atoms with Crippen molar-refractivity contribution in [2.45, 2.75) is 70.9 Å². The second-order valence-electron chi connectivity index (χ2n) is 7.45. The van der Waals surface area contributed by atoms with Crippen LogP contribution in [0.4, 0.5) is 0 Å². The van der Waals surface area contributed by atoms with Crippen LogP contribution in [-0.2, 0) is 0 Å². The Bertz CT molecular complexity index is 288. The zero-order valence-corrected chi connectivity index (χ0v) is 13.0. The lowest BCUT2D eigenvalue weighted by Crippen LogP contribution is -2.43. The summed E-state index contributed by atoms with van der Waals surface area (Å²) in [5, 5.41) is 13.9. The fourth-order valence-corrected chi connectivity index (χ4v) is 2.99. The fraction of sp³-hybridized carbons (Fsp3) is 1.00. The Morgan fingerprint density at radius 2 is 2.05 bits per heavy atom. The van der Waals surface area contributed by atoms with Crippen LogP contribution in [-0.4, -0.2) is 47.8 Å². The van der Waals surface area contributed by atoms with E-state index in [0.29, 0.717) is 5.41 Å². The van der Waals surface area contributed by atoms with Crippen LogP contribution in [0.15, 0.2) is 0 Å². The maximum atomic E-state index is 10.2. The van der Waals surface area contributed by atoms with Crippen molar-refractivity contribution in [1.82, 2.24) is 10.2 Å². The van der Waals surface area contributed by atoms with Crippen molar-refractivity contribution in [1.29, 1.82) is 0 Å². The summed E-state index contributed by atoms with van der Waals surface area (Å²) in [6, 6.07) is 0.802. The summed E-state index contributed by atoms with van der Waals surface area (Å²) in [4.78, 5) is 2.57. The molecule has 0 aromatic rings. The lowest BCUT2D eigenvalue weighted by Gasteiger charge is -2.35. The summed E-state index contributed by atoms with van der Waals surface area (Å²) in [6.07, 6.45) is 6.96. The average Bonchev–Trinajstić information content (AvgIpc) is 3.17. The van der Waals surface area contributed by atoms with E-state index in [1.165, 1.54) is 25.8 Å². The molecule has 2 rings (SSSR count). The van der Waals surface area contributed by atoms with Gasteiger partial charge < -0.3 is 15.3 Å². The van der Waals surface area contributed by atoms with Gasteiger partial charge in [0.1, 0.15) is 0 Å². The molecule has 2 fully saturated rings. The molecule has 112 valence electrons. The molecule has 0 radical (unpaired) electrons. The van der Waals surface area contributed by atoms with E-state index >= 15 is 0 Å². The van der Waals surface area contributed by atoms with E-state index in [4.69, 9.17) is 0 Å². The van der Waals surface area contributed by atoms with Gasteiger partial charge in [-0.05, 0) is 57.4 Å². The van der Waals surface area contributed by atoms with Crippen LogP contribution in [0.5, 0.6) is 0 Å². The predicted molar refractivity (Wildman–Crippen MR) is 80.3 cm³/mol. The van der Waals surface area contributed by atoms with Crippen LogP contribution in [0.1, 0.15) is 59.3 Å². The lowest BCUT2D eigenvalue weighted by atomic mass is 9.86. The normalized spacial score (nSPS) is 32.8. The van der Waals surface area contributed by atoms with Crippen LogP contribution in [0, 0.1) is 5.41 Å². The molecule has 0 bridgehead atoms. The molecule has 1 saturated heterocycles. The fourth-order valence-electron chi connectivity index (χ4n) is 2.99. The van der Waals surface area contributed by atoms with Crippen LogP contribution in [0.3, 0.4) is 0 Å². The summed E-state index contributed by atoms with van der Waals surface area (Å²) in [5.74, 6) is 0. The highest BCUT2D eigenvalue weighted by Crippen LogP contribution is 2.28. The molecule has 0 spiro atoms. The molecule has 2 atom stereocenters. The van der Waals surface area contributed by atoms with Crippen LogP contribution < -0.4 is 5.32 Å². The predicted octanol–water partition coefficient (Wildman–Crippen LogP) is 2.39. The monoisotopic (exact) mass is 268 g/mol. The summed E-state index contributed by atoms with van der Waals surface area (Å²) < 4.78 is 0.